The lowest BCUT2D eigenvalue weighted by Gasteiger charge is -2.43. The summed E-state index contributed by atoms with van der Waals surface area (Å²) in [7, 11) is 0. The number of carbonyl (C=O) groups excluding carboxylic acids is 1. The maximum absolute atomic E-state index is 13.2. The number of hydrogen-bond donors (Lipinski definition) is 2. The number of likely N-dealkylation sites (tertiary alicyclic amines) is 1. The fraction of sp³-hybridized carbons (Fsp3) is 0.520. The zero-order chi connectivity index (χ0) is 22.1. The number of nitrogens with one attached hydrogen (secondary N) is 2. The molecule has 3 heterocycles. The Morgan fingerprint density at radius 3 is 2.56 bits per heavy atom. The van der Waals surface area contributed by atoms with Crippen LogP contribution in [-0.4, -0.2) is 34.6 Å². The lowest BCUT2D eigenvalue weighted by atomic mass is 9.83. The molecular weight excluding hydrogens is 407 g/mol. The lowest BCUT2D eigenvalue weighted by molar-refractivity contribution is 0.114. The van der Waals surface area contributed by atoms with E-state index in [-0.39, 0.29) is 23.4 Å². The second-order valence-electron chi connectivity index (χ2n) is 9.64. The van der Waals surface area contributed by atoms with Crippen molar-refractivity contribution in [2.24, 2.45) is 5.92 Å². The van der Waals surface area contributed by atoms with E-state index in [0.717, 1.165) is 63.0 Å². The number of nitrogens with zero attached hydrogens (tertiary/aromatic N) is 2. The van der Waals surface area contributed by atoms with Gasteiger partial charge in [-0.25, -0.2) is 9.18 Å². The van der Waals surface area contributed by atoms with Crippen molar-refractivity contribution in [3.05, 3.63) is 63.8 Å². The van der Waals surface area contributed by atoms with Gasteiger partial charge >= 0.3 is 6.03 Å². The van der Waals surface area contributed by atoms with Gasteiger partial charge in [-0.3, -0.25) is 9.69 Å². The quantitative estimate of drug-likeness (QED) is 0.757. The Kier molecular flexibility index (Phi) is 6.00. The van der Waals surface area contributed by atoms with E-state index in [1.165, 1.54) is 18.6 Å². The normalized spacial score (nSPS) is 23.4. The summed E-state index contributed by atoms with van der Waals surface area (Å²) in [6, 6.07) is 10.4. The van der Waals surface area contributed by atoms with Gasteiger partial charge in [-0.15, -0.1) is 0 Å². The molecule has 2 amide bonds. The molecule has 0 radical (unpaired) electrons. The Morgan fingerprint density at radius 2 is 1.78 bits per heavy atom. The van der Waals surface area contributed by atoms with Crippen LogP contribution >= 0.6 is 0 Å². The van der Waals surface area contributed by atoms with Gasteiger partial charge in [0.2, 0.25) is 0 Å². The Labute approximate surface area is 187 Å². The largest absolute Gasteiger partial charge is 0.335 e. The molecule has 1 saturated heterocycles. The van der Waals surface area contributed by atoms with Gasteiger partial charge in [0.05, 0.1) is 0 Å². The maximum Gasteiger partial charge on any atom is 0.319 e. The molecule has 2 aliphatic heterocycles. The zero-order valence-electron chi connectivity index (χ0n) is 18.4. The van der Waals surface area contributed by atoms with Crippen molar-refractivity contribution < 1.29 is 9.18 Å². The van der Waals surface area contributed by atoms with E-state index < -0.39 is 0 Å². The van der Waals surface area contributed by atoms with Crippen LogP contribution < -0.4 is 16.2 Å². The number of rotatable bonds is 4. The van der Waals surface area contributed by atoms with Crippen LogP contribution in [0.5, 0.6) is 0 Å². The molecule has 5 rings (SSSR count). The van der Waals surface area contributed by atoms with E-state index in [9.17, 15) is 14.0 Å². The number of amides is 2. The molecular formula is C25H31FN4O2. The van der Waals surface area contributed by atoms with Crippen LogP contribution in [0.25, 0.3) is 0 Å². The van der Waals surface area contributed by atoms with Gasteiger partial charge in [-0.2, -0.15) is 0 Å². The van der Waals surface area contributed by atoms with Crippen LogP contribution in [0.2, 0.25) is 0 Å². The van der Waals surface area contributed by atoms with Crippen LogP contribution in [0.4, 0.5) is 14.9 Å². The summed E-state index contributed by atoms with van der Waals surface area (Å²) in [5, 5.41) is 5.81. The van der Waals surface area contributed by atoms with Gasteiger partial charge in [0, 0.05) is 43.8 Å². The van der Waals surface area contributed by atoms with E-state index in [2.05, 4.69) is 15.5 Å². The summed E-state index contributed by atoms with van der Waals surface area (Å²) in [5.41, 5.74) is 2.40. The van der Waals surface area contributed by atoms with Crippen molar-refractivity contribution >= 4 is 11.7 Å². The van der Waals surface area contributed by atoms with Crippen LogP contribution in [-0.2, 0) is 13.1 Å². The van der Waals surface area contributed by atoms with Gasteiger partial charge in [-0.1, -0.05) is 31.4 Å². The van der Waals surface area contributed by atoms with E-state index in [1.807, 2.05) is 22.8 Å². The Morgan fingerprint density at radius 1 is 1.00 bits per heavy atom. The highest BCUT2D eigenvalue weighted by Gasteiger charge is 2.35. The summed E-state index contributed by atoms with van der Waals surface area (Å²) in [6.07, 6.45) is 6.62. The Hall–Kier alpha value is -2.67. The predicted octanol–water partition coefficient (Wildman–Crippen LogP) is 4.06. The fourth-order valence-electron chi connectivity index (χ4n) is 5.71. The minimum absolute atomic E-state index is 0.108. The van der Waals surface area contributed by atoms with Gasteiger partial charge in [-0.05, 0) is 55.0 Å². The van der Waals surface area contributed by atoms with E-state index in [1.54, 1.807) is 6.07 Å². The van der Waals surface area contributed by atoms with Crippen LogP contribution in [0, 0.1) is 11.7 Å². The molecule has 2 unspecified atom stereocenters. The summed E-state index contributed by atoms with van der Waals surface area (Å²) in [5.74, 6) is 0.473. The number of aromatic nitrogens is 1. The van der Waals surface area contributed by atoms with Gasteiger partial charge in [0.25, 0.3) is 5.56 Å². The summed E-state index contributed by atoms with van der Waals surface area (Å²) >= 11 is 0. The van der Waals surface area contributed by atoms with Crippen molar-refractivity contribution in [2.75, 3.05) is 18.4 Å². The van der Waals surface area contributed by atoms with Gasteiger partial charge in [0.15, 0.2) is 0 Å². The highest BCUT2D eigenvalue weighted by Crippen LogP contribution is 2.36. The van der Waals surface area contributed by atoms with Crippen LogP contribution in [0.3, 0.4) is 0 Å². The van der Waals surface area contributed by atoms with Crippen molar-refractivity contribution in [2.45, 2.75) is 63.6 Å². The molecule has 2 aromatic rings. The summed E-state index contributed by atoms with van der Waals surface area (Å²) in [4.78, 5) is 28.0. The third-order valence-corrected chi connectivity index (χ3v) is 7.19. The van der Waals surface area contributed by atoms with Gasteiger partial charge in [0.1, 0.15) is 11.5 Å². The Balaban J connectivity index is 1.27. The second-order valence-corrected chi connectivity index (χ2v) is 9.64. The maximum atomic E-state index is 13.2. The molecule has 1 aromatic carbocycles. The summed E-state index contributed by atoms with van der Waals surface area (Å²) < 4.78 is 15.1. The first kappa shape index (κ1) is 21.2. The highest BCUT2D eigenvalue weighted by molar-refractivity contribution is 5.89. The number of anilines is 1. The minimum Gasteiger partial charge on any atom is -0.335 e. The van der Waals surface area contributed by atoms with Gasteiger partial charge < -0.3 is 15.2 Å². The lowest BCUT2D eigenvalue weighted by Crippen LogP contribution is -2.47. The van der Waals surface area contributed by atoms with Crippen molar-refractivity contribution in [1.82, 2.24) is 14.8 Å². The molecule has 0 spiro atoms. The Bertz CT molecular complexity index is 1030. The number of hydrogen-bond acceptors (Lipinski definition) is 3. The molecule has 3 aliphatic rings. The number of fused-ring (bicyclic) bond motifs is 4. The zero-order valence-corrected chi connectivity index (χ0v) is 18.4. The molecule has 32 heavy (non-hydrogen) atoms. The molecule has 1 saturated carbocycles. The fourth-order valence-corrected chi connectivity index (χ4v) is 5.71. The molecule has 2 N–H and O–H groups in total. The summed E-state index contributed by atoms with van der Waals surface area (Å²) in [6.45, 7) is 3.25. The average Bonchev–Trinajstić information content (AvgIpc) is 2.78. The molecule has 170 valence electrons. The van der Waals surface area contributed by atoms with Crippen molar-refractivity contribution in [3.63, 3.8) is 0 Å². The van der Waals surface area contributed by atoms with Crippen LogP contribution in [0.15, 0.2) is 41.2 Å². The molecule has 2 fully saturated rings. The first-order chi connectivity index (χ1) is 15.5. The molecule has 2 atom stereocenters. The number of halogens is 1. The number of pyridine rings is 1. The first-order valence-corrected chi connectivity index (χ1v) is 11.8. The first-order valence-electron chi connectivity index (χ1n) is 11.8. The standard InChI is InChI=1S/C25H31FN4O2/c26-20-8-6-17(7-9-20)13-29-14-18-12-19(16-29)23-11-10-22(24(31)30(23)15-18)28-25(32)27-21-4-2-1-3-5-21/h6-11,18-19,21H,1-5,12-16H2,(H2,27,28,32). The van der Waals surface area contributed by atoms with Crippen molar-refractivity contribution in [3.8, 4) is 0 Å². The third kappa shape index (κ3) is 4.58. The monoisotopic (exact) mass is 438 g/mol. The number of benzene rings is 1. The number of piperidine rings is 1. The molecule has 6 nitrogen and oxygen atoms in total. The molecule has 1 aliphatic carbocycles. The smallest absolute Gasteiger partial charge is 0.319 e. The van der Waals surface area contributed by atoms with E-state index in [4.69, 9.17) is 0 Å². The van der Waals surface area contributed by atoms with E-state index >= 15 is 0 Å². The third-order valence-electron chi connectivity index (χ3n) is 7.19. The minimum atomic E-state index is -0.281. The average molecular weight is 439 g/mol. The second kappa shape index (κ2) is 9.06. The topological polar surface area (TPSA) is 66.4 Å². The molecule has 7 heteroatoms. The number of carbonyl (C=O) groups is 1. The number of urea groups is 1. The van der Waals surface area contributed by atoms with E-state index in [0.29, 0.717) is 24.1 Å². The molecule has 1 aromatic heterocycles. The SMILES string of the molecule is O=C(Nc1ccc2n(c1=O)CC1CC2CN(Cc2ccc(F)cc2)C1)NC1CCCCC1. The van der Waals surface area contributed by atoms with Crippen LogP contribution in [0.1, 0.15) is 55.7 Å². The molecule has 2 bridgehead atoms. The van der Waals surface area contributed by atoms with Crippen molar-refractivity contribution in [1.29, 1.82) is 0 Å². The highest BCUT2D eigenvalue weighted by atomic mass is 19.1. The predicted molar refractivity (Wildman–Crippen MR) is 122 cm³/mol.